The van der Waals surface area contributed by atoms with Crippen molar-refractivity contribution < 1.29 is 14.3 Å². The number of ether oxygens (including phenoxy) is 2. The second-order valence-corrected chi connectivity index (χ2v) is 7.35. The lowest BCUT2D eigenvalue weighted by Crippen LogP contribution is -2.43. The van der Waals surface area contributed by atoms with E-state index in [1.807, 2.05) is 20.8 Å². The van der Waals surface area contributed by atoms with E-state index in [2.05, 4.69) is 12.2 Å². The molecule has 0 aromatic rings. The topological polar surface area (TPSA) is 50.8 Å². The Morgan fingerprint density at radius 3 is 2.13 bits per heavy atom. The summed E-state index contributed by atoms with van der Waals surface area (Å²) < 4.78 is 11.0. The molecule has 0 aromatic carbocycles. The van der Waals surface area contributed by atoms with Crippen molar-refractivity contribution in [2.75, 3.05) is 32.8 Å². The van der Waals surface area contributed by atoms with Gasteiger partial charge in [-0.1, -0.05) is 13.3 Å². The van der Waals surface area contributed by atoms with Crippen LogP contribution in [-0.4, -0.2) is 55.5 Å². The summed E-state index contributed by atoms with van der Waals surface area (Å²) >= 11 is 0. The van der Waals surface area contributed by atoms with Gasteiger partial charge in [-0.2, -0.15) is 0 Å². The number of amides is 1. The summed E-state index contributed by atoms with van der Waals surface area (Å²) in [6, 6.07) is 0. The number of piperidine rings is 2. The van der Waals surface area contributed by atoms with Gasteiger partial charge in [0.05, 0.1) is 6.10 Å². The van der Waals surface area contributed by atoms with Gasteiger partial charge in [0.25, 0.3) is 0 Å². The summed E-state index contributed by atoms with van der Waals surface area (Å²) in [5.41, 5.74) is -0.410. The van der Waals surface area contributed by atoms with Crippen molar-refractivity contribution in [3.05, 3.63) is 0 Å². The van der Waals surface area contributed by atoms with Crippen LogP contribution in [0.2, 0.25) is 0 Å². The Kier molecular flexibility index (Phi) is 9.56. The number of carbonyl (C=O) groups excluding carboxylic acids is 1. The van der Waals surface area contributed by atoms with Crippen molar-refractivity contribution in [3.63, 3.8) is 0 Å². The van der Waals surface area contributed by atoms with E-state index in [0.717, 1.165) is 39.0 Å². The van der Waals surface area contributed by atoms with E-state index in [0.29, 0.717) is 6.10 Å². The Bertz CT molecular complexity index is 305. The molecule has 0 saturated carbocycles. The molecule has 5 heteroatoms. The van der Waals surface area contributed by atoms with E-state index in [1.165, 1.54) is 32.4 Å². The fourth-order valence-electron chi connectivity index (χ4n) is 2.62. The third-order valence-corrected chi connectivity index (χ3v) is 3.86. The molecule has 2 saturated heterocycles. The minimum absolute atomic E-state index is 0.202. The summed E-state index contributed by atoms with van der Waals surface area (Å²) in [5.74, 6) is 0. The van der Waals surface area contributed by atoms with E-state index in [4.69, 9.17) is 9.47 Å². The highest BCUT2D eigenvalue weighted by Crippen LogP contribution is 2.17. The molecule has 136 valence electrons. The number of hydrogen-bond donors (Lipinski definition) is 1. The van der Waals surface area contributed by atoms with Gasteiger partial charge < -0.3 is 19.7 Å². The Morgan fingerprint density at radius 1 is 1.13 bits per heavy atom. The zero-order valence-corrected chi connectivity index (χ0v) is 15.5. The standard InChI is InChI=1S/C13H25NO3.C5H11N/c1-5-10-16-11-6-8-14(9-7-11)12(15)17-13(2,3)4;1-2-4-6-5-3-1/h11H,5-10H2,1-4H3;6H,1-5H2. The first-order valence-electron chi connectivity index (χ1n) is 9.22. The smallest absolute Gasteiger partial charge is 0.410 e. The van der Waals surface area contributed by atoms with Crippen molar-refractivity contribution in [2.24, 2.45) is 0 Å². The molecule has 2 aliphatic heterocycles. The van der Waals surface area contributed by atoms with Gasteiger partial charge in [-0.25, -0.2) is 4.79 Å². The maximum absolute atomic E-state index is 11.8. The van der Waals surface area contributed by atoms with Crippen molar-refractivity contribution >= 4 is 6.09 Å². The minimum Gasteiger partial charge on any atom is -0.444 e. The summed E-state index contributed by atoms with van der Waals surface area (Å²) in [6.45, 7) is 12.6. The molecule has 1 N–H and O–H groups in total. The molecule has 2 heterocycles. The molecule has 0 aromatic heterocycles. The molecule has 0 bridgehead atoms. The Morgan fingerprint density at radius 2 is 1.74 bits per heavy atom. The Labute approximate surface area is 142 Å². The van der Waals surface area contributed by atoms with Crippen molar-refractivity contribution in [1.82, 2.24) is 10.2 Å². The average Bonchev–Trinajstić information content (AvgIpc) is 2.54. The third kappa shape index (κ3) is 9.82. The van der Waals surface area contributed by atoms with Gasteiger partial charge in [-0.05, 0) is 66.0 Å². The summed E-state index contributed by atoms with van der Waals surface area (Å²) in [4.78, 5) is 13.6. The average molecular weight is 328 g/mol. The monoisotopic (exact) mass is 328 g/mol. The molecule has 1 amide bonds. The van der Waals surface area contributed by atoms with Crippen molar-refractivity contribution in [2.45, 2.75) is 77.9 Å². The predicted octanol–water partition coefficient (Wildman–Crippen LogP) is 3.57. The molecule has 0 unspecified atom stereocenters. The van der Waals surface area contributed by atoms with Crippen molar-refractivity contribution in [1.29, 1.82) is 0 Å². The molecule has 2 fully saturated rings. The first kappa shape index (κ1) is 20.2. The van der Waals surface area contributed by atoms with Crippen LogP contribution in [-0.2, 0) is 9.47 Å². The zero-order chi connectivity index (χ0) is 17.1. The van der Waals surface area contributed by atoms with Crippen LogP contribution in [0.5, 0.6) is 0 Å². The Hall–Kier alpha value is -0.810. The number of nitrogens with zero attached hydrogens (tertiary/aromatic N) is 1. The van der Waals surface area contributed by atoms with Crippen molar-refractivity contribution in [3.8, 4) is 0 Å². The van der Waals surface area contributed by atoms with Gasteiger partial charge in [0.15, 0.2) is 0 Å². The lowest BCUT2D eigenvalue weighted by atomic mass is 10.1. The molecule has 2 aliphatic rings. The van der Waals surface area contributed by atoms with Crippen LogP contribution in [0, 0.1) is 0 Å². The van der Waals surface area contributed by atoms with Crippen LogP contribution in [0.3, 0.4) is 0 Å². The maximum Gasteiger partial charge on any atom is 0.410 e. The van der Waals surface area contributed by atoms with Gasteiger partial charge in [-0.3, -0.25) is 0 Å². The highest BCUT2D eigenvalue weighted by molar-refractivity contribution is 5.68. The maximum atomic E-state index is 11.8. The number of likely N-dealkylation sites (tertiary alicyclic amines) is 1. The number of nitrogens with one attached hydrogen (secondary N) is 1. The van der Waals surface area contributed by atoms with Crippen LogP contribution in [0.15, 0.2) is 0 Å². The van der Waals surface area contributed by atoms with Gasteiger partial charge in [0.2, 0.25) is 0 Å². The lowest BCUT2D eigenvalue weighted by Gasteiger charge is -2.33. The second kappa shape index (κ2) is 10.9. The lowest BCUT2D eigenvalue weighted by molar-refractivity contribution is -0.0111. The quantitative estimate of drug-likeness (QED) is 0.860. The van der Waals surface area contributed by atoms with Gasteiger partial charge >= 0.3 is 6.09 Å². The van der Waals surface area contributed by atoms with Gasteiger partial charge in [0.1, 0.15) is 5.60 Å². The van der Waals surface area contributed by atoms with Crippen LogP contribution >= 0.6 is 0 Å². The summed E-state index contributed by atoms with van der Waals surface area (Å²) in [5, 5.41) is 3.28. The molecule has 0 spiro atoms. The van der Waals surface area contributed by atoms with E-state index in [-0.39, 0.29) is 6.09 Å². The van der Waals surface area contributed by atoms with Gasteiger partial charge in [0, 0.05) is 19.7 Å². The van der Waals surface area contributed by atoms with E-state index in [1.54, 1.807) is 4.90 Å². The second-order valence-electron chi connectivity index (χ2n) is 7.35. The first-order valence-corrected chi connectivity index (χ1v) is 9.22. The molecule has 2 rings (SSSR count). The summed E-state index contributed by atoms with van der Waals surface area (Å²) in [6.07, 6.45) is 7.21. The molecular formula is C18H36N2O3. The fraction of sp³-hybridized carbons (Fsp3) is 0.944. The molecule has 0 radical (unpaired) electrons. The SMILES string of the molecule is C1CCNCC1.CCCOC1CCN(C(=O)OC(C)(C)C)CC1. The van der Waals surface area contributed by atoms with E-state index in [9.17, 15) is 4.79 Å². The van der Waals surface area contributed by atoms with E-state index < -0.39 is 5.60 Å². The molecule has 5 nitrogen and oxygen atoms in total. The number of hydrogen-bond acceptors (Lipinski definition) is 4. The van der Waals surface area contributed by atoms with Crippen LogP contribution < -0.4 is 5.32 Å². The van der Waals surface area contributed by atoms with Crippen LogP contribution in [0.25, 0.3) is 0 Å². The predicted molar refractivity (Wildman–Crippen MR) is 93.8 cm³/mol. The molecule has 0 aliphatic carbocycles. The first-order chi connectivity index (χ1) is 10.9. The van der Waals surface area contributed by atoms with Crippen LogP contribution in [0.1, 0.15) is 66.2 Å². The van der Waals surface area contributed by atoms with E-state index >= 15 is 0 Å². The normalized spacial score (nSPS) is 19.7. The third-order valence-electron chi connectivity index (χ3n) is 3.86. The van der Waals surface area contributed by atoms with Crippen LogP contribution in [0.4, 0.5) is 4.79 Å². The highest BCUT2D eigenvalue weighted by atomic mass is 16.6. The summed E-state index contributed by atoms with van der Waals surface area (Å²) in [7, 11) is 0. The molecule has 23 heavy (non-hydrogen) atoms. The minimum atomic E-state index is -0.410. The highest BCUT2D eigenvalue weighted by Gasteiger charge is 2.26. The molecular weight excluding hydrogens is 292 g/mol. The number of carbonyl (C=O) groups is 1. The van der Waals surface area contributed by atoms with Gasteiger partial charge in [-0.15, -0.1) is 0 Å². The number of rotatable bonds is 3. The Balaban J connectivity index is 0.000000366. The zero-order valence-electron chi connectivity index (χ0n) is 15.5. The largest absolute Gasteiger partial charge is 0.444 e. The fourth-order valence-corrected chi connectivity index (χ4v) is 2.62. The molecule has 0 atom stereocenters.